The molecule has 0 saturated heterocycles. The highest BCUT2D eigenvalue weighted by molar-refractivity contribution is 9.10. The van der Waals surface area contributed by atoms with Crippen molar-refractivity contribution in [3.8, 4) is 11.5 Å². The molecular weight excluding hydrogens is 366 g/mol. The fraction of sp³-hybridized carbons (Fsp3) is 0.500. The van der Waals surface area contributed by atoms with Gasteiger partial charge in [0.05, 0.1) is 23.8 Å². The minimum Gasteiger partial charge on any atom is -0.493 e. The van der Waals surface area contributed by atoms with Crippen LogP contribution in [0.5, 0.6) is 11.5 Å². The molecule has 0 spiro atoms. The molecule has 0 bridgehead atoms. The molecule has 1 amide bonds. The van der Waals surface area contributed by atoms with Gasteiger partial charge in [-0.05, 0) is 41.4 Å². The quantitative estimate of drug-likeness (QED) is 0.673. The predicted octanol–water partition coefficient (Wildman–Crippen LogP) is 2.88. The summed E-state index contributed by atoms with van der Waals surface area (Å²) >= 11 is 3.37. The summed E-state index contributed by atoms with van der Waals surface area (Å²) in [6, 6.07) is 3.12. The van der Waals surface area contributed by atoms with Gasteiger partial charge < -0.3 is 19.1 Å². The van der Waals surface area contributed by atoms with E-state index in [0.29, 0.717) is 22.6 Å². The van der Waals surface area contributed by atoms with Crippen LogP contribution in [0.25, 0.3) is 0 Å². The Kier molecular flexibility index (Phi) is 7.35. The van der Waals surface area contributed by atoms with Gasteiger partial charge in [0.15, 0.2) is 17.6 Å². The van der Waals surface area contributed by atoms with Crippen LogP contribution in [0.1, 0.15) is 30.6 Å². The van der Waals surface area contributed by atoms with Gasteiger partial charge in [0, 0.05) is 14.1 Å². The number of benzene rings is 1. The standard InChI is InChI=1S/C16H22BrNO5/c1-6-7-22-14-12(17)8-11(9-13(14)21-5)16(20)23-10(2)15(19)18(3)4/h8-10H,6-7H2,1-5H3. The first kappa shape index (κ1) is 19.3. The molecule has 0 fully saturated rings. The zero-order chi connectivity index (χ0) is 17.6. The summed E-state index contributed by atoms with van der Waals surface area (Å²) in [5, 5.41) is 0. The second kappa shape index (κ2) is 8.76. The van der Waals surface area contributed by atoms with Gasteiger partial charge in [-0.25, -0.2) is 4.79 Å². The molecule has 0 N–H and O–H groups in total. The van der Waals surface area contributed by atoms with E-state index in [1.807, 2.05) is 6.92 Å². The van der Waals surface area contributed by atoms with E-state index in [-0.39, 0.29) is 11.5 Å². The van der Waals surface area contributed by atoms with E-state index >= 15 is 0 Å². The van der Waals surface area contributed by atoms with Crippen LogP contribution in [0.3, 0.4) is 0 Å². The second-order valence-corrected chi connectivity index (χ2v) is 5.97. The normalized spacial score (nSPS) is 11.6. The molecule has 1 atom stereocenters. The maximum absolute atomic E-state index is 12.2. The molecule has 0 aliphatic heterocycles. The molecule has 0 radical (unpaired) electrons. The molecule has 23 heavy (non-hydrogen) atoms. The second-order valence-electron chi connectivity index (χ2n) is 5.12. The summed E-state index contributed by atoms with van der Waals surface area (Å²) < 4.78 is 16.7. The monoisotopic (exact) mass is 387 g/mol. The van der Waals surface area contributed by atoms with Crippen LogP contribution >= 0.6 is 15.9 Å². The highest BCUT2D eigenvalue weighted by Gasteiger charge is 2.22. The van der Waals surface area contributed by atoms with Gasteiger partial charge in [0.2, 0.25) is 0 Å². The highest BCUT2D eigenvalue weighted by atomic mass is 79.9. The van der Waals surface area contributed by atoms with E-state index in [1.54, 1.807) is 20.2 Å². The van der Waals surface area contributed by atoms with E-state index in [4.69, 9.17) is 14.2 Å². The van der Waals surface area contributed by atoms with E-state index in [9.17, 15) is 9.59 Å². The number of amides is 1. The van der Waals surface area contributed by atoms with Crippen molar-refractivity contribution in [1.82, 2.24) is 4.90 Å². The molecule has 1 rings (SSSR count). The lowest BCUT2D eigenvalue weighted by atomic mass is 10.2. The molecular formula is C16H22BrNO5. The summed E-state index contributed by atoms with van der Waals surface area (Å²) in [6.07, 6.45) is -0.0120. The number of methoxy groups -OCH3 is 1. The average Bonchev–Trinajstić information content (AvgIpc) is 2.51. The first-order chi connectivity index (χ1) is 10.8. The minimum absolute atomic E-state index is 0.274. The van der Waals surface area contributed by atoms with Crippen molar-refractivity contribution >= 4 is 27.8 Å². The Balaban J connectivity index is 2.98. The molecule has 0 aliphatic carbocycles. The van der Waals surface area contributed by atoms with E-state index in [1.165, 1.54) is 25.0 Å². The summed E-state index contributed by atoms with van der Waals surface area (Å²) in [4.78, 5) is 25.4. The Labute approximate surface area is 144 Å². The van der Waals surface area contributed by atoms with Crippen molar-refractivity contribution in [3.05, 3.63) is 22.2 Å². The lowest BCUT2D eigenvalue weighted by molar-refractivity contribution is -0.137. The van der Waals surface area contributed by atoms with Crippen LogP contribution in [0.4, 0.5) is 0 Å². The number of carbonyl (C=O) groups is 2. The SMILES string of the molecule is CCCOc1c(Br)cc(C(=O)OC(C)C(=O)N(C)C)cc1OC. The molecule has 0 aliphatic rings. The van der Waals surface area contributed by atoms with Gasteiger partial charge >= 0.3 is 5.97 Å². The molecule has 0 aromatic heterocycles. The number of likely N-dealkylation sites (N-methyl/N-ethyl adjacent to an activating group) is 1. The molecule has 0 saturated carbocycles. The lowest BCUT2D eigenvalue weighted by Crippen LogP contribution is -2.34. The molecule has 6 nitrogen and oxygen atoms in total. The number of rotatable bonds is 7. The smallest absolute Gasteiger partial charge is 0.339 e. The number of ether oxygens (including phenoxy) is 3. The number of hydrogen-bond acceptors (Lipinski definition) is 5. The molecule has 0 heterocycles. The Bertz CT molecular complexity index is 574. The highest BCUT2D eigenvalue weighted by Crippen LogP contribution is 2.37. The molecule has 7 heteroatoms. The van der Waals surface area contributed by atoms with Gasteiger partial charge in [-0.15, -0.1) is 0 Å². The zero-order valence-electron chi connectivity index (χ0n) is 14.0. The van der Waals surface area contributed by atoms with Crippen LogP contribution in [-0.2, 0) is 9.53 Å². The summed E-state index contributed by atoms with van der Waals surface area (Å²) in [5.41, 5.74) is 0.274. The molecule has 1 unspecified atom stereocenters. The van der Waals surface area contributed by atoms with Gasteiger partial charge in [0.1, 0.15) is 0 Å². The molecule has 128 valence electrons. The minimum atomic E-state index is -0.863. The van der Waals surface area contributed by atoms with Crippen LogP contribution < -0.4 is 9.47 Å². The van der Waals surface area contributed by atoms with Gasteiger partial charge in [-0.3, -0.25) is 4.79 Å². The number of carbonyl (C=O) groups excluding carboxylic acids is 2. The third kappa shape index (κ3) is 5.13. The maximum atomic E-state index is 12.2. The van der Waals surface area contributed by atoms with Crippen molar-refractivity contribution in [2.24, 2.45) is 0 Å². The van der Waals surface area contributed by atoms with Crippen LogP contribution in [0, 0.1) is 0 Å². The lowest BCUT2D eigenvalue weighted by Gasteiger charge is -2.18. The topological polar surface area (TPSA) is 65.1 Å². The van der Waals surface area contributed by atoms with Crippen molar-refractivity contribution < 1.29 is 23.8 Å². The van der Waals surface area contributed by atoms with Gasteiger partial charge in [0.25, 0.3) is 5.91 Å². The fourth-order valence-electron chi connectivity index (χ4n) is 1.82. The largest absolute Gasteiger partial charge is 0.493 e. The first-order valence-corrected chi connectivity index (χ1v) is 8.03. The van der Waals surface area contributed by atoms with E-state index in [2.05, 4.69) is 15.9 Å². The van der Waals surface area contributed by atoms with Gasteiger partial charge in [-0.1, -0.05) is 6.92 Å². The van der Waals surface area contributed by atoms with Crippen molar-refractivity contribution in [2.45, 2.75) is 26.4 Å². The van der Waals surface area contributed by atoms with Crippen LogP contribution in [0.2, 0.25) is 0 Å². The number of hydrogen-bond donors (Lipinski definition) is 0. The van der Waals surface area contributed by atoms with Crippen LogP contribution in [0.15, 0.2) is 16.6 Å². The molecule has 1 aromatic carbocycles. The predicted molar refractivity (Wildman–Crippen MR) is 90.1 cm³/mol. The Hall–Kier alpha value is -1.76. The third-order valence-electron chi connectivity index (χ3n) is 2.99. The zero-order valence-corrected chi connectivity index (χ0v) is 15.6. The fourth-order valence-corrected chi connectivity index (χ4v) is 2.38. The first-order valence-electron chi connectivity index (χ1n) is 7.24. The van der Waals surface area contributed by atoms with Crippen LogP contribution in [-0.4, -0.2) is 50.7 Å². The average molecular weight is 388 g/mol. The summed E-state index contributed by atoms with van der Waals surface area (Å²) in [7, 11) is 4.70. The molecule has 1 aromatic rings. The Morgan fingerprint density at radius 1 is 1.30 bits per heavy atom. The van der Waals surface area contributed by atoms with Crippen molar-refractivity contribution in [1.29, 1.82) is 0 Å². The van der Waals surface area contributed by atoms with E-state index < -0.39 is 12.1 Å². The third-order valence-corrected chi connectivity index (χ3v) is 3.58. The van der Waals surface area contributed by atoms with Crippen molar-refractivity contribution in [2.75, 3.05) is 27.8 Å². The maximum Gasteiger partial charge on any atom is 0.339 e. The summed E-state index contributed by atoms with van der Waals surface area (Å²) in [5.74, 6) is 0.0655. The summed E-state index contributed by atoms with van der Waals surface area (Å²) in [6.45, 7) is 4.06. The van der Waals surface area contributed by atoms with Crippen molar-refractivity contribution in [3.63, 3.8) is 0 Å². The number of esters is 1. The number of halogens is 1. The van der Waals surface area contributed by atoms with Gasteiger partial charge in [-0.2, -0.15) is 0 Å². The Morgan fingerprint density at radius 2 is 1.96 bits per heavy atom. The van der Waals surface area contributed by atoms with E-state index in [0.717, 1.165) is 6.42 Å². The Morgan fingerprint density at radius 3 is 2.48 bits per heavy atom. The number of nitrogens with zero attached hydrogens (tertiary/aromatic N) is 1.